The first-order valence-electron chi connectivity index (χ1n) is 6.47. The van der Waals surface area contributed by atoms with Gasteiger partial charge in [0.2, 0.25) is 0 Å². The molecule has 1 saturated carbocycles. The molecule has 90 valence electrons. The van der Waals surface area contributed by atoms with Gasteiger partial charge < -0.3 is 5.73 Å². The van der Waals surface area contributed by atoms with E-state index in [1.807, 2.05) is 11.3 Å². The van der Waals surface area contributed by atoms with Gasteiger partial charge in [-0.15, -0.1) is 11.3 Å². The van der Waals surface area contributed by atoms with Crippen LogP contribution in [-0.2, 0) is 6.54 Å². The van der Waals surface area contributed by atoms with Crippen LogP contribution in [0.3, 0.4) is 0 Å². The molecule has 16 heavy (non-hydrogen) atoms. The van der Waals surface area contributed by atoms with Crippen molar-refractivity contribution >= 4 is 11.3 Å². The van der Waals surface area contributed by atoms with Crippen LogP contribution in [0.15, 0.2) is 0 Å². The normalized spacial score (nSPS) is 19.4. The maximum absolute atomic E-state index is 5.72. The standard InChI is InChI=1S/C13H22N2S/c1-10-12(9-14)16-13(15-10)11-7-5-3-2-4-6-8-11/h11H,2-9,14H2,1H3. The lowest BCUT2D eigenvalue weighted by Gasteiger charge is -2.17. The van der Waals surface area contributed by atoms with Gasteiger partial charge in [0.25, 0.3) is 0 Å². The van der Waals surface area contributed by atoms with E-state index in [1.54, 1.807) is 0 Å². The van der Waals surface area contributed by atoms with Gasteiger partial charge in [0.1, 0.15) is 0 Å². The van der Waals surface area contributed by atoms with Crippen molar-refractivity contribution in [2.75, 3.05) is 0 Å². The van der Waals surface area contributed by atoms with Gasteiger partial charge in [0.15, 0.2) is 0 Å². The van der Waals surface area contributed by atoms with Crippen LogP contribution >= 0.6 is 11.3 Å². The number of hydrogen-bond acceptors (Lipinski definition) is 3. The zero-order valence-electron chi connectivity index (χ0n) is 10.2. The molecule has 0 aliphatic heterocycles. The Labute approximate surface area is 102 Å². The monoisotopic (exact) mass is 238 g/mol. The highest BCUT2D eigenvalue weighted by molar-refractivity contribution is 7.11. The first-order valence-corrected chi connectivity index (χ1v) is 7.29. The van der Waals surface area contributed by atoms with E-state index in [0.29, 0.717) is 12.5 Å². The largest absolute Gasteiger partial charge is 0.326 e. The fraction of sp³-hybridized carbons (Fsp3) is 0.769. The molecular weight excluding hydrogens is 216 g/mol. The van der Waals surface area contributed by atoms with Gasteiger partial charge >= 0.3 is 0 Å². The number of rotatable bonds is 2. The number of aryl methyl sites for hydroxylation is 1. The second-order valence-electron chi connectivity index (χ2n) is 4.81. The molecule has 2 nitrogen and oxygen atoms in total. The van der Waals surface area contributed by atoms with Crippen molar-refractivity contribution in [3.8, 4) is 0 Å². The van der Waals surface area contributed by atoms with Crippen molar-refractivity contribution < 1.29 is 0 Å². The Balaban J connectivity index is 2.08. The van der Waals surface area contributed by atoms with E-state index in [0.717, 1.165) is 5.69 Å². The number of nitrogens with two attached hydrogens (primary N) is 1. The van der Waals surface area contributed by atoms with E-state index in [4.69, 9.17) is 10.7 Å². The third-order valence-electron chi connectivity index (χ3n) is 3.55. The molecule has 0 radical (unpaired) electrons. The predicted octanol–water partition coefficient (Wildman–Crippen LogP) is 3.74. The Hall–Kier alpha value is -0.410. The average Bonchev–Trinajstić information content (AvgIpc) is 2.59. The van der Waals surface area contributed by atoms with Gasteiger partial charge in [-0.05, 0) is 19.8 Å². The molecule has 0 spiro atoms. The van der Waals surface area contributed by atoms with Crippen LogP contribution in [0.2, 0.25) is 0 Å². The van der Waals surface area contributed by atoms with E-state index < -0.39 is 0 Å². The van der Waals surface area contributed by atoms with Crippen molar-refractivity contribution in [1.82, 2.24) is 4.98 Å². The van der Waals surface area contributed by atoms with Crippen molar-refractivity contribution in [2.45, 2.75) is 64.3 Å². The maximum Gasteiger partial charge on any atom is 0.0962 e. The summed E-state index contributed by atoms with van der Waals surface area (Å²) in [7, 11) is 0. The Morgan fingerprint density at radius 3 is 2.38 bits per heavy atom. The van der Waals surface area contributed by atoms with Crippen LogP contribution in [-0.4, -0.2) is 4.98 Å². The van der Waals surface area contributed by atoms with Crippen LogP contribution in [0.5, 0.6) is 0 Å². The van der Waals surface area contributed by atoms with Gasteiger partial charge in [-0.1, -0.05) is 32.1 Å². The summed E-state index contributed by atoms with van der Waals surface area (Å²) in [6.07, 6.45) is 9.66. The van der Waals surface area contributed by atoms with E-state index in [9.17, 15) is 0 Å². The van der Waals surface area contributed by atoms with Crippen LogP contribution in [0.25, 0.3) is 0 Å². The fourth-order valence-corrected chi connectivity index (χ4v) is 3.63. The molecule has 1 fully saturated rings. The highest BCUT2D eigenvalue weighted by Gasteiger charge is 2.18. The minimum atomic E-state index is 0.649. The SMILES string of the molecule is Cc1nc(C2CCCCCCC2)sc1CN. The minimum Gasteiger partial charge on any atom is -0.326 e. The Morgan fingerprint density at radius 2 is 1.81 bits per heavy atom. The second kappa shape index (κ2) is 5.78. The summed E-state index contributed by atoms with van der Waals surface area (Å²) >= 11 is 1.85. The zero-order valence-corrected chi connectivity index (χ0v) is 11.0. The lowest BCUT2D eigenvalue weighted by Crippen LogP contribution is -2.01. The molecular formula is C13H22N2S. The molecule has 2 rings (SSSR count). The number of hydrogen-bond donors (Lipinski definition) is 1. The third-order valence-corrected chi connectivity index (χ3v) is 4.89. The molecule has 2 N–H and O–H groups in total. The lowest BCUT2D eigenvalue weighted by molar-refractivity contribution is 0.454. The Bertz CT molecular complexity index is 325. The molecule has 0 saturated heterocycles. The van der Waals surface area contributed by atoms with Crippen LogP contribution in [0.4, 0.5) is 0 Å². The van der Waals surface area contributed by atoms with E-state index >= 15 is 0 Å². The molecule has 0 amide bonds. The lowest BCUT2D eigenvalue weighted by atomic mass is 9.92. The summed E-state index contributed by atoms with van der Waals surface area (Å²) in [5.41, 5.74) is 6.88. The molecule has 0 atom stereocenters. The van der Waals surface area contributed by atoms with E-state index in [-0.39, 0.29) is 0 Å². The fourth-order valence-electron chi connectivity index (χ4n) is 2.52. The summed E-state index contributed by atoms with van der Waals surface area (Å²) in [6, 6.07) is 0. The second-order valence-corrected chi connectivity index (χ2v) is 5.92. The van der Waals surface area contributed by atoms with Crippen molar-refractivity contribution in [1.29, 1.82) is 0 Å². The van der Waals surface area contributed by atoms with Crippen molar-refractivity contribution in [2.24, 2.45) is 5.73 Å². The predicted molar refractivity (Wildman–Crippen MR) is 69.8 cm³/mol. The summed E-state index contributed by atoms with van der Waals surface area (Å²) in [6.45, 7) is 2.74. The summed E-state index contributed by atoms with van der Waals surface area (Å²) < 4.78 is 0. The van der Waals surface area contributed by atoms with E-state index in [2.05, 4.69) is 6.92 Å². The van der Waals surface area contributed by atoms with Crippen LogP contribution in [0, 0.1) is 6.92 Å². The van der Waals surface area contributed by atoms with Crippen LogP contribution < -0.4 is 5.73 Å². The molecule has 1 aromatic heterocycles. The van der Waals surface area contributed by atoms with Crippen LogP contribution in [0.1, 0.15) is 66.4 Å². The van der Waals surface area contributed by atoms with Gasteiger partial charge in [-0.3, -0.25) is 0 Å². The zero-order chi connectivity index (χ0) is 11.4. The first-order chi connectivity index (χ1) is 7.81. The Morgan fingerprint density at radius 1 is 1.19 bits per heavy atom. The minimum absolute atomic E-state index is 0.649. The molecule has 1 aliphatic carbocycles. The van der Waals surface area contributed by atoms with E-state index in [1.165, 1.54) is 54.8 Å². The topological polar surface area (TPSA) is 38.9 Å². The smallest absolute Gasteiger partial charge is 0.0962 e. The van der Waals surface area contributed by atoms with Gasteiger partial charge in [-0.2, -0.15) is 0 Å². The summed E-state index contributed by atoms with van der Waals surface area (Å²) in [5.74, 6) is 0.712. The molecule has 1 aliphatic rings. The van der Waals surface area contributed by atoms with Gasteiger partial charge in [-0.25, -0.2) is 4.98 Å². The molecule has 0 unspecified atom stereocenters. The highest BCUT2D eigenvalue weighted by atomic mass is 32.1. The first kappa shape index (κ1) is 12.1. The van der Waals surface area contributed by atoms with Crippen molar-refractivity contribution in [3.63, 3.8) is 0 Å². The average molecular weight is 238 g/mol. The van der Waals surface area contributed by atoms with Crippen molar-refractivity contribution in [3.05, 3.63) is 15.6 Å². The third kappa shape index (κ3) is 2.83. The summed E-state index contributed by atoms with van der Waals surface area (Å²) in [4.78, 5) is 5.99. The Kier molecular flexibility index (Phi) is 4.36. The quantitative estimate of drug-likeness (QED) is 0.852. The summed E-state index contributed by atoms with van der Waals surface area (Å²) in [5, 5.41) is 1.35. The molecule has 1 aromatic rings. The molecule has 3 heteroatoms. The molecule has 0 bridgehead atoms. The number of nitrogens with zero attached hydrogens (tertiary/aromatic N) is 1. The number of aromatic nitrogens is 1. The molecule has 0 aromatic carbocycles. The van der Waals surface area contributed by atoms with Gasteiger partial charge in [0, 0.05) is 17.3 Å². The molecule has 1 heterocycles. The highest BCUT2D eigenvalue weighted by Crippen LogP contribution is 2.34. The number of thiazole rings is 1. The maximum atomic E-state index is 5.72. The van der Waals surface area contributed by atoms with Gasteiger partial charge in [0.05, 0.1) is 10.7 Å².